The highest BCUT2D eigenvalue weighted by Gasteiger charge is 2.25. The highest BCUT2D eigenvalue weighted by atomic mass is 16.2. The lowest BCUT2D eigenvalue weighted by Crippen LogP contribution is -2.22. The molecule has 8 heteroatoms. The van der Waals surface area contributed by atoms with Gasteiger partial charge in [0.2, 0.25) is 0 Å². The number of hydrogen-bond donors (Lipinski definition) is 1. The van der Waals surface area contributed by atoms with Crippen molar-refractivity contribution in [2.75, 3.05) is 5.32 Å². The second-order valence-electron chi connectivity index (χ2n) is 7.91. The van der Waals surface area contributed by atoms with Crippen LogP contribution in [-0.2, 0) is 4.79 Å². The minimum atomic E-state index is -0.234. The van der Waals surface area contributed by atoms with Gasteiger partial charge >= 0.3 is 0 Å². The second-order valence-corrected chi connectivity index (χ2v) is 7.91. The quantitative estimate of drug-likeness (QED) is 0.454. The minimum absolute atomic E-state index is 0.201. The highest BCUT2D eigenvalue weighted by molar-refractivity contribution is 6.54. The Labute approximate surface area is 193 Å². The first-order chi connectivity index (χ1) is 16.6. The number of benzene rings is 3. The molecule has 0 fully saturated rings. The summed E-state index contributed by atoms with van der Waals surface area (Å²) >= 11 is 0. The van der Waals surface area contributed by atoms with Crippen molar-refractivity contribution < 1.29 is 4.79 Å². The standard InChI is InChI=1S/C26H18N6O2/c1-16-28-24-21(15-27-32(24)19-7-3-2-4-8-19)26(34)31(16)18-13-11-17(12-14-18)29-23-20-9-5-6-10-22(20)30-25(23)33/h2-15H,1H3,(H,29,30,33). The highest BCUT2D eigenvalue weighted by Crippen LogP contribution is 2.26. The van der Waals surface area contributed by atoms with E-state index in [0.717, 1.165) is 16.9 Å². The van der Waals surface area contributed by atoms with Gasteiger partial charge in [-0.05, 0) is 49.4 Å². The summed E-state index contributed by atoms with van der Waals surface area (Å²) in [6.07, 6.45) is 1.55. The summed E-state index contributed by atoms with van der Waals surface area (Å²) in [6.45, 7) is 1.79. The van der Waals surface area contributed by atoms with Gasteiger partial charge in [-0.25, -0.2) is 14.7 Å². The molecule has 0 saturated heterocycles. The maximum absolute atomic E-state index is 13.3. The number of nitrogens with zero attached hydrogens (tertiary/aromatic N) is 5. The summed E-state index contributed by atoms with van der Waals surface area (Å²) < 4.78 is 3.21. The first-order valence-corrected chi connectivity index (χ1v) is 10.7. The van der Waals surface area contributed by atoms with Crippen molar-refractivity contribution in [2.24, 2.45) is 4.99 Å². The molecular formula is C26H18N6O2. The van der Waals surface area contributed by atoms with E-state index in [9.17, 15) is 9.59 Å². The predicted octanol–water partition coefficient (Wildman–Crippen LogP) is 3.95. The van der Waals surface area contributed by atoms with Crippen LogP contribution >= 0.6 is 0 Å². The van der Waals surface area contributed by atoms with Crippen LogP contribution in [0.5, 0.6) is 0 Å². The van der Waals surface area contributed by atoms with Gasteiger partial charge in [0.15, 0.2) is 5.65 Å². The zero-order chi connectivity index (χ0) is 23.2. The molecule has 8 nitrogen and oxygen atoms in total. The molecule has 1 aliphatic rings. The first-order valence-electron chi connectivity index (χ1n) is 10.7. The molecule has 1 amide bonds. The Kier molecular flexibility index (Phi) is 4.44. The molecule has 2 aromatic heterocycles. The van der Waals surface area contributed by atoms with Crippen molar-refractivity contribution >= 4 is 34.0 Å². The molecule has 0 aliphatic carbocycles. The molecule has 0 unspecified atom stereocenters. The molecule has 164 valence electrons. The number of fused-ring (bicyclic) bond motifs is 2. The molecule has 3 heterocycles. The van der Waals surface area contributed by atoms with Crippen molar-refractivity contribution in [2.45, 2.75) is 6.92 Å². The lowest BCUT2D eigenvalue weighted by atomic mass is 10.1. The molecule has 34 heavy (non-hydrogen) atoms. The lowest BCUT2D eigenvalue weighted by molar-refractivity contribution is -0.110. The maximum atomic E-state index is 13.3. The van der Waals surface area contributed by atoms with Crippen LogP contribution in [-0.4, -0.2) is 31.0 Å². The average Bonchev–Trinajstić information content (AvgIpc) is 3.42. The van der Waals surface area contributed by atoms with Crippen LogP contribution in [0.3, 0.4) is 0 Å². The van der Waals surface area contributed by atoms with Gasteiger partial charge in [-0.1, -0.05) is 36.4 Å². The van der Waals surface area contributed by atoms with Gasteiger partial charge in [-0.15, -0.1) is 0 Å². The van der Waals surface area contributed by atoms with Crippen LogP contribution < -0.4 is 10.9 Å². The molecule has 0 spiro atoms. The molecule has 0 bridgehead atoms. The molecule has 3 aromatic carbocycles. The average molecular weight is 446 g/mol. The van der Waals surface area contributed by atoms with E-state index in [4.69, 9.17) is 0 Å². The van der Waals surface area contributed by atoms with E-state index in [2.05, 4.69) is 20.4 Å². The maximum Gasteiger partial charge on any atom is 0.275 e. The topological polar surface area (TPSA) is 94.2 Å². The van der Waals surface area contributed by atoms with E-state index in [-0.39, 0.29) is 11.5 Å². The third-order valence-electron chi connectivity index (χ3n) is 5.76. The number of carbonyl (C=O) groups excluding carboxylic acids is 1. The Balaban J connectivity index is 1.39. The fourth-order valence-electron chi connectivity index (χ4n) is 4.15. The van der Waals surface area contributed by atoms with Crippen LogP contribution in [0.1, 0.15) is 11.4 Å². The fourth-order valence-corrected chi connectivity index (χ4v) is 4.15. The van der Waals surface area contributed by atoms with Crippen LogP contribution in [0.25, 0.3) is 22.4 Å². The summed E-state index contributed by atoms with van der Waals surface area (Å²) in [6, 6.07) is 24.2. The molecule has 6 rings (SSSR count). The van der Waals surface area contributed by atoms with Crippen LogP contribution in [0.15, 0.2) is 94.8 Å². The van der Waals surface area contributed by atoms with Gasteiger partial charge in [0.1, 0.15) is 16.9 Å². The molecule has 1 N–H and O–H groups in total. The van der Waals surface area contributed by atoms with E-state index < -0.39 is 0 Å². The number of para-hydroxylation sites is 2. The summed E-state index contributed by atoms with van der Waals surface area (Å²) in [5.41, 5.74) is 4.31. The van der Waals surface area contributed by atoms with Crippen molar-refractivity contribution in [3.8, 4) is 11.4 Å². The number of aryl methyl sites for hydroxylation is 1. The summed E-state index contributed by atoms with van der Waals surface area (Å²) in [5.74, 6) is 0.306. The van der Waals surface area contributed by atoms with Crippen molar-refractivity contribution in [3.63, 3.8) is 0 Å². The summed E-state index contributed by atoms with van der Waals surface area (Å²) in [5, 5.41) is 7.63. The van der Waals surface area contributed by atoms with E-state index in [1.807, 2.05) is 54.6 Å². The van der Waals surface area contributed by atoms with Gasteiger partial charge in [-0.3, -0.25) is 14.2 Å². The molecular weight excluding hydrogens is 428 g/mol. The third-order valence-corrected chi connectivity index (χ3v) is 5.76. The van der Waals surface area contributed by atoms with Crippen molar-refractivity contribution in [1.29, 1.82) is 0 Å². The van der Waals surface area contributed by atoms with Crippen molar-refractivity contribution in [1.82, 2.24) is 19.3 Å². The Bertz CT molecular complexity index is 1660. The van der Waals surface area contributed by atoms with E-state index in [1.165, 1.54) is 0 Å². The first kappa shape index (κ1) is 19.8. The van der Waals surface area contributed by atoms with Gasteiger partial charge < -0.3 is 5.32 Å². The number of carbonyl (C=O) groups is 1. The Morgan fingerprint density at radius 1 is 0.853 bits per heavy atom. The number of rotatable bonds is 3. The number of anilines is 1. The number of aliphatic imine (C=N–C) groups is 1. The smallest absolute Gasteiger partial charge is 0.275 e. The summed E-state index contributed by atoms with van der Waals surface area (Å²) in [7, 11) is 0. The van der Waals surface area contributed by atoms with E-state index in [0.29, 0.717) is 33.9 Å². The monoisotopic (exact) mass is 446 g/mol. The number of aromatic nitrogens is 4. The SMILES string of the molecule is Cc1nc2c(cnn2-c2ccccc2)c(=O)n1-c1ccc(N=C2C(=O)Nc3ccccc32)cc1. The van der Waals surface area contributed by atoms with Crippen molar-refractivity contribution in [3.05, 3.63) is 107 Å². The van der Waals surface area contributed by atoms with Crippen LogP contribution in [0.4, 0.5) is 11.4 Å². The number of nitrogens with one attached hydrogen (secondary N) is 1. The van der Waals surface area contributed by atoms with Crippen LogP contribution in [0, 0.1) is 6.92 Å². The van der Waals surface area contributed by atoms with E-state index >= 15 is 0 Å². The summed E-state index contributed by atoms with van der Waals surface area (Å²) in [4.78, 5) is 34.9. The zero-order valence-electron chi connectivity index (χ0n) is 18.1. The molecule has 0 atom stereocenters. The Morgan fingerprint density at radius 3 is 2.38 bits per heavy atom. The molecule has 0 saturated carbocycles. The number of amides is 1. The zero-order valence-corrected chi connectivity index (χ0v) is 18.1. The third kappa shape index (κ3) is 3.12. The van der Waals surface area contributed by atoms with Gasteiger partial charge in [0.25, 0.3) is 11.5 Å². The van der Waals surface area contributed by atoms with Gasteiger partial charge in [0, 0.05) is 5.56 Å². The minimum Gasteiger partial charge on any atom is -0.320 e. The molecule has 1 aliphatic heterocycles. The number of hydrogen-bond acceptors (Lipinski definition) is 5. The fraction of sp³-hybridized carbons (Fsp3) is 0.0385. The van der Waals surface area contributed by atoms with Gasteiger partial charge in [0.05, 0.1) is 28.9 Å². The Hall–Kier alpha value is -4.85. The Morgan fingerprint density at radius 2 is 1.59 bits per heavy atom. The normalized spacial score (nSPS) is 13.9. The predicted molar refractivity (Wildman–Crippen MR) is 130 cm³/mol. The van der Waals surface area contributed by atoms with E-state index in [1.54, 1.807) is 46.6 Å². The molecule has 5 aromatic rings. The molecule has 0 radical (unpaired) electrons. The lowest BCUT2D eigenvalue weighted by Gasteiger charge is -2.10. The largest absolute Gasteiger partial charge is 0.320 e. The van der Waals surface area contributed by atoms with Crippen LogP contribution in [0.2, 0.25) is 0 Å². The second kappa shape index (κ2) is 7.63. The van der Waals surface area contributed by atoms with Gasteiger partial charge in [-0.2, -0.15) is 5.10 Å².